The van der Waals surface area contributed by atoms with Gasteiger partial charge in [0.15, 0.2) is 5.78 Å². The molecule has 8 atom stereocenters. The Hall–Kier alpha value is -5.29. The molecule has 11 rings (SSSR count). The highest BCUT2D eigenvalue weighted by Crippen LogP contribution is 2.82. The topological polar surface area (TPSA) is 69.7 Å². The molecule has 4 bridgehead atoms. The van der Waals surface area contributed by atoms with Crippen LogP contribution in [0.1, 0.15) is 22.3 Å². The SMILES string of the molecule is COC(=O)C1=C(C(=O)OC)[C@H]2C=C[C@H]1[C@@H]1[C@@H]2[C@H]2[C@H]1[C@@]1(c3ccccc3)C(=O)[C@@]2(c2ccccc2)c2c1c1ccccc1c1ccccc21. The van der Waals surface area contributed by atoms with Gasteiger partial charge in [-0.1, -0.05) is 121 Å². The molecular formula is C43H32O5. The molecule has 0 amide bonds. The maximum Gasteiger partial charge on any atom is 0.334 e. The van der Waals surface area contributed by atoms with Crippen LogP contribution in [-0.4, -0.2) is 31.9 Å². The van der Waals surface area contributed by atoms with E-state index >= 15 is 4.79 Å². The van der Waals surface area contributed by atoms with Crippen molar-refractivity contribution >= 4 is 39.3 Å². The number of fused-ring (bicyclic) bond motifs is 13. The van der Waals surface area contributed by atoms with Crippen molar-refractivity contribution in [3.05, 3.63) is 155 Å². The fourth-order valence-electron chi connectivity index (χ4n) is 11.5. The minimum absolute atomic E-state index is 0.0550. The first-order valence-electron chi connectivity index (χ1n) is 16.7. The van der Waals surface area contributed by atoms with Crippen molar-refractivity contribution in [3.63, 3.8) is 0 Å². The van der Waals surface area contributed by atoms with Crippen LogP contribution in [-0.2, 0) is 34.7 Å². The molecule has 2 fully saturated rings. The molecule has 0 aliphatic heterocycles. The summed E-state index contributed by atoms with van der Waals surface area (Å²) in [7, 11) is 2.73. The first kappa shape index (κ1) is 27.8. The zero-order valence-corrected chi connectivity index (χ0v) is 26.6. The molecule has 5 nitrogen and oxygen atoms in total. The Labute approximate surface area is 277 Å². The Morgan fingerprint density at radius 3 is 1.25 bits per heavy atom. The Balaban J connectivity index is 1.39. The smallest absolute Gasteiger partial charge is 0.334 e. The second-order valence-corrected chi connectivity index (χ2v) is 14.0. The number of ketones is 1. The van der Waals surface area contributed by atoms with Crippen molar-refractivity contribution in [2.24, 2.45) is 35.5 Å². The molecule has 0 saturated heterocycles. The second-order valence-electron chi connectivity index (χ2n) is 14.0. The normalized spacial score (nSPS) is 31.8. The minimum atomic E-state index is -0.972. The van der Waals surface area contributed by atoms with Crippen molar-refractivity contribution in [2.45, 2.75) is 10.8 Å². The Morgan fingerprint density at radius 2 is 0.875 bits per heavy atom. The first-order chi connectivity index (χ1) is 23.5. The molecule has 0 radical (unpaired) electrons. The van der Waals surface area contributed by atoms with Crippen LogP contribution in [0.3, 0.4) is 0 Å². The Morgan fingerprint density at radius 1 is 0.521 bits per heavy atom. The summed E-state index contributed by atoms with van der Waals surface area (Å²) in [4.78, 5) is 43.4. The van der Waals surface area contributed by atoms with Crippen molar-refractivity contribution < 1.29 is 23.9 Å². The molecule has 6 aliphatic rings. The third-order valence-corrected chi connectivity index (χ3v) is 12.7. The van der Waals surface area contributed by atoms with Crippen LogP contribution in [0.4, 0.5) is 0 Å². The van der Waals surface area contributed by atoms with Crippen LogP contribution in [0, 0.1) is 35.5 Å². The molecule has 0 N–H and O–H groups in total. The molecule has 2 saturated carbocycles. The van der Waals surface area contributed by atoms with Gasteiger partial charge < -0.3 is 9.47 Å². The monoisotopic (exact) mass is 628 g/mol. The number of carbonyl (C=O) groups excluding carboxylic acids is 3. The van der Waals surface area contributed by atoms with Crippen LogP contribution in [0.15, 0.2) is 132 Å². The molecule has 0 unspecified atom stereocenters. The summed E-state index contributed by atoms with van der Waals surface area (Å²) in [6.45, 7) is 0. The fraction of sp³-hybridized carbons (Fsp3) is 0.233. The summed E-state index contributed by atoms with van der Waals surface area (Å²) < 4.78 is 10.6. The van der Waals surface area contributed by atoms with Gasteiger partial charge in [0.25, 0.3) is 0 Å². The minimum Gasteiger partial charge on any atom is -0.466 e. The number of carbonyl (C=O) groups is 3. The average molecular weight is 629 g/mol. The highest BCUT2D eigenvalue weighted by atomic mass is 16.5. The lowest BCUT2D eigenvalue weighted by molar-refractivity contribution is -0.147. The third-order valence-electron chi connectivity index (χ3n) is 12.7. The number of ether oxygens (including phenoxy) is 2. The molecule has 5 aromatic carbocycles. The number of hydrogen-bond acceptors (Lipinski definition) is 5. The molecule has 234 valence electrons. The van der Waals surface area contributed by atoms with E-state index < -0.39 is 22.8 Å². The van der Waals surface area contributed by atoms with E-state index in [9.17, 15) is 9.59 Å². The van der Waals surface area contributed by atoms with Gasteiger partial charge in [-0.3, -0.25) is 4.79 Å². The van der Waals surface area contributed by atoms with E-state index in [1.54, 1.807) is 0 Å². The van der Waals surface area contributed by atoms with Crippen LogP contribution in [0.2, 0.25) is 0 Å². The largest absolute Gasteiger partial charge is 0.466 e. The number of allylic oxidation sites excluding steroid dienone is 2. The van der Waals surface area contributed by atoms with Crippen LogP contribution in [0.5, 0.6) is 0 Å². The van der Waals surface area contributed by atoms with E-state index in [1.165, 1.54) is 14.2 Å². The van der Waals surface area contributed by atoms with Gasteiger partial charge in [0, 0.05) is 11.8 Å². The van der Waals surface area contributed by atoms with Crippen LogP contribution in [0.25, 0.3) is 21.5 Å². The molecule has 5 heteroatoms. The zero-order valence-electron chi connectivity index (χ0n) is 26.6. The summed E-state index contributed by atoms with van der Waals surface area (Å²) in [5, 5.41) is 4.45. The Kier molecular flexibility index (Phi) is 5.45. The quantitative estimate of drug-likeness (QED) is 0.121. The van der Waals surface area contributed by atoms with Gasteiger partial charge in [0.1, 0.15) is 0 Å². The number of benzene rings is 5. The van der Waals surface area contributed by atoms with Gasteiger partial charge in [-0.15, -0.1) is 0 Å². The lowest BCUT2D eigenvalue weighted by atomic mass is 9.35. The van der Waals surface area contributed by atoms with E-state index in [1.807, 2.05) is 36.4 Å². The van der Waals surface area contributed by atoms with Crippen molar-refractivity contribution in [3.8, 4) is 0 Å². The Bertz CT molecular complexity index is 2160. The molecule has 5 aromatic rings. The summed E-state index contributed by atoms with van der Waals surface area (Å²) in [5.41, 5.74) is 2.99. The molecule has 0 heterocycles. The zero-order chi connectivity index (χ0) is 32.5. The lowest BCUT2D eigenvalue weighted by Gasteiger charge is -2.66. The first-order valence-corrected chi connectivity index (χ1v) is 16.7. The van der Waals surface area contributed by atoms with E-state index in [-0.39, 0.29) is 41.3 Å². The number of methoxy groups -OCH3 is 2. The van der Waals surface area contributed by atoms with Gasteiger partial charge in [-0.05, 0) is 67.5 Å². The predicted octanol–water partition coefficient (Wildman–Crippen LogP) is 7.10. The molecule has 48 heavy (non-hydrogen) atoms. The number of hydrogen-bond donors (Lipinski definition) is 0. The highest BCUT2D eigenvalue weighted by Gasteiger charge is 2.85. The highest BCUT2D eigenvalue weighted by molar-refractivity contribution is 6.23. The third kappa shape index (κ3) is 2.86. The fourth-order valence-corrected chi connectivity index (χ4v) is 11.5. The lowest BCUT2D eigenvalue weighted by Crippen LogP contribution is -2.65. The van der Waals surface area contributed by atoms with E-state index in [2.05, 4.69) is 84.9 Å². The second kappa shape index (κ2) is 9.41. The summed E-state index contributed by atoms with van der Waals surface area (Å²) in [5.74, 6) is -1.91. The van der Waals surface area contributed by atoms with Crippen molar-refractivity contribution in [1.29, 1.82) is 0 Å². The standard InChI is InChI=1S/C43H32O5/c1-47-39(44)33-29-21-22-30(34(33)40(45)48-2)32-31(29)37-38(32)43(24-15-7-4-8-16-24)36-28-20-12-10-18-26(28)25-17-9-11-19-27(25)35(36)42(37,41(43)46)23-13-5-3-6-14-23/h3-22,29-32,37-38H,1-2H3/t29-,30-,31+,32+,37-,38-,42-,43-/m0/s1. The van der Waals surface area contributed by atoms with Gasteiger partial charge in [0.2, 0.25) is 0 Å². The maximum absolute atomic E-state index is 16.3. The van der Waals surface area contributed by atoms with E-state index in [4.69, 9.17) is 9.47 Å². The number of rotatable bonds is 4. The molecule has 0 aromatic heterocycles. The number of Topliss-reactive ketones (excluding diaryl/α,β-unsaturated/α-hetero) is 1. The van der Waals surface area contributed by atoms with Crippen LogP contribution < -0.4 is 0 Å². The number of esters is 2. The van der Waals surface area contributed by atoms with Gasteiger partial charge in [-0.2, -0.15) is 0 Å². The molecular weight excluding hydrogens is 596 g/mol. The van der Waals surface area contributed by atoms with Crippen LogP contribution >= 0.6 is 0 Å². The summed E-state index contributed by atoms with van der Waals surface area (Å²) in [6, 6.07) is 37.7. The van der Waals surface area contributed by atoms with Gasteiger partial charge in [0.05, 0.1) is 36.2 Å². The molecule has 6 aliphatic carbocycles. The van der Waals surface area contributed by atoms with E-state index in [0.717, 1.165) is 43.8 Å². The average Bonchev–Trinajstić information content (AvgIpc) is 3.49. The maximum atomic E-state index is 16.3. The van der Waals surface area contributed by atoms with Gasteiger partial charge >= 0.3 is 11.9 Å². The van der Waals surface area contributed by atoms with Crippen molar-refractivity contribution in [1.82, 2.24) is 0 Å². The summed E-state index contributed by atoms with van der Waals surface area (Å²) >= 11 is 0. The van der Waals surface area contributed by atoms with Crippen molar-refractivity contribution in [2.75, 3.05) is 14.2 Å². The van der Waals surface area contributed by atoms with Gasteiger partial charge in [-0.25, -0.2) is 9.59 Å². The predicted molar refractivity (Wildman–Crippen MR) is 182 cm³/mol. The molecule has 0 spiro atoms. The van der Waals surface area contributed by atoms with E-state index in [0.29, 0.717) is 11.1 Å². The summed E-state index contributed by atoms with van der Waals surface area (Å²) in [6.07, 6.45) is 4.18.